The van der Waals surface area contributed by atoms with Gasteiger partial charge in [-0.25, -0.2) is 8.42 Å². The highest BCUT2D eigenvalue weighted by Gasteiger charge is 2.34. The summed E-state index contributed by atoms with van der Waals surface area (Å²) < 4.78 is 34.0. The van der Waals surface area contributed by atoms with Crippen molar-refractivity contribution in [2.45, 2.75) is 37.1 Å². The molecule has 2 aliphatic heterocycles. The first-order valence-corrected chi connectivity index (χ1v) is 11.9. The van der Waals surface area contributed by atoms with Crippen LogP contribution in [0.5, 0.6) is 5.75 Å². The van der Waals surface area contributed by atoms with Crippen LogP contribution in [0.4, 0.5) is 5.69 Å². The third kappa shape index (κ3) is 3.58. The molecule has 4 rings (SSSR count). The molecule has 2 aromatic rings. The molecule has 0 N–H and O–H groups in total. The number of fused-ring (bicyclic) bond motifs is 1. The van der Waals surface area contributed by atoms with Crippen LogP contribution in [0.25, 0.3) is 0 Å². The lowest BCUT2D eigenvalue weighted by molar-refractivity contribution is 0.0981. The highest BCUT2D eigenvalue weighted by atomic mass is 79.9. The normalized spacial score (nSPS) is 19.4. The summed E-state index contributed by atoms with van der Waals surface area (Å²) in [5, 5.41) is 0. The quantitative estimate of drug-likeness (QED) is 0.669. The number of nitrogens with zero attached hydrogens (tertiary/aromatic N) is 2. The molecular weight excluding hydrogens is 456 g/mol. The van der Waals surface area contributed by atoms with E-state index in [0.717, 1.165) is 35.0 Å². The Kier molecular flexibility index (Phi) is 5.44. The third-order valence-electron chi connectivity index (χ3n) is 5.57. The number of methoxy groups -OCH3 is 1. The fourth-order valence-corrected chi connectivity index (χ4v) is 6.23. The number of amides is 1. The van der Waals surface area contributed by atoms with Gasteiger partial charge in [-0.15, -0.1) is 0 Å². The van der Waals surface area contributed by atoms with Crippen LogP contribution in [-0.4, -0.2) is 44.9 Å². The molecule has 1 saturated heterocycles. The number of hydrogen-bond donors (Lipinski definition) is 0. The van der Waals surface area contributed by atoms with E-state index in [9.17, 15) is 13.2 Å². The molecule has 0 spiro atoms. The smallest absolute Gasteiger partial charge is 0.258 e. The molecule has 154 valence electrons. The van der Waals surface area contributed by atoms with Gasteiger partial charge >= 0.3 is 0 Å². The average molecular weight is 479 g/mol. The average Bonchev–Trinajstić information content (AvgIpc) is 3.34. The van der Waals surface area contributed by atoms with Gasteiger partial charge in [0.2, 0.25) is 10.0 Å². The first-order valence-electron chi connectivity index (χ1n) is 9.63. The summed E-state index contributed by atoms with van der Waals surface area (Å²) >= 11 is 3.48. The maximum Gasteiger partial charge on any atom is 0.258 e. The second-order valence-electron chi connectivity index (χ2n) is 7.48. The fourth-order valence-electron chi connectivity index (χ4n) is 4.13. The number of benzene rings is 2. The van der Waals surface area contributed by atoms with Gasteiger partial charge in [0.25, 0.3) is 5.91 Å². The maximum atomic E-state index is 13.4. The molecule has 2 heterocycles. The van der Waals surface area contributed by atoms with E-state index in [4.69, 9.17) is 4.74 Å². The number of anilines is 1. The molecule has 2 aromatic carbocycles. The Morgan fingerprint density at radius 1 is 1.14 bits per heavy atom. The second kappa shape index (κ2) is 7.74. The summed E-state index contributed by atoms with van der Waals surface area (Å²) in [6.45, 7) is 2.99. The maximum absolute atomic E-state index is 13.4. The summed E-state index contributed by atoms with van der Waals surface area (Å²) in [6.07, 6.45) is 2.45. The minimum Gasteiger partial charge on any atom is -0.495 e. The lowest BCUT2D eigenvalue weighted by atomic mass is 10.1. The van der Waals surface area contributed by atoms with E-state index in [0.29, 0.717) is 18.7 Å². The van der Waals surface area contributed by atoms with Crippen LogP contribution in [0, 0.1) is 0 Å². The van der Waals surface area contributed by atoms with Crippen molar-refractivity contribution in [2.24, 2.45) is 0 Å². The molecule has 0 unspecified atom stereocenters. The monoisotopic (exact) mass is 478 g/mol. The number of hydrogen-bond acceptors (Lipinski definition) is 4. The largest absolute Gasteiger partial charge is 0.495 e. The van der Waals surface area contributed by atoms with Crippen LogP contribution in [0.2, 0.25) is 0 Å². The second-order valence-corrected chi connectivity index (χ2v) is 10.3. The Labute approximate surface area is 179 Å². The summed E-state index contributed by atoms with van der Waals surface area (Å²) in [7, 11) is -2.27. The number of carbonyl (C=O) groups excluding carboxylic acids is 1. The van der Waals surface area contributed by atoms with E-state index >= 15 is 0 Å². The van der Waals surface area contributed by atoms with Crippen LogP contribution in [0.3, 0.4) is 0 Å². The Morgan fingerprint density at radius 3 is 2.55 bits per heavy atom. The number of rotatable bonds is 4. The zero-order valence-electron chi connectivity index (χ0n) is 16.4. The Hall–Kier alpha value is -1.90. The van der Waals surface area contributed by atoms with Crippen molar-refractivity contribution in [3.05, 3.63) is 52.0 Å². The molecule has 29 heavy (non-hydrogen) atoms. The Morgan fingerprint density at radius 2 is 1.86 bits per heavy atom. The SMILES string of the molecule is COc1ccc(C(=O)N2c3ccc(Br)cc3C[C@H]2C)cc1S(=O)(=O)N1CCCC1. The van der Waals surface area contributed by atoms with Crippen molar-refractivity contribution in [1.82, 2.24) is 4.31 Å². The van der Waals surface area contributed by atoms with E-state index in [2.05, 4.69) is 15.9 Å². The van der Waals surface area contributed by atoms with Gasteiger partial charge in [0, 0.05) is 34.9 Å². The van der Waals surface area contributed by atoms with E-state index in [1.165, 1.54) is 17.5 Å². The Bertz CT molecular complexity index is 1060. The fraction of sp³-hybridized carbons (Fsp3) is 0.381. The van der Waals surface area contributed by atoms with Crippen molar-refractivity contribution < 1.29 is 17.9 Å². The molecule has 1 atom stereocenters. The molecule has 0 bridgehead atoms. The van der Waals surface area contributed by atoms with Crippen LogP contribution < -0.4 is 9.64 Å². The van der Waals surface area contributed by atoms with Crippen LogP contribution in [0.15, 0.2) is 45.8 Å². The van der Waals surface area contributed by atoms with Crippen molar-refractivity contribution in [1.29, 1.82) is 0 Å². The van der Waals surface area contributed by atoms with Gasteiger partial charge in [0.05, 0.1) is 7.11 Å². The minimum atomic E-state index is -3.71. The van der Waals surface area contributed by atoms with Gasteiger partial charge < -0.3 is 9.64 Å². The first-order chi connectivity index (χ1) is 13.8. The van der Waals surface area contributed by atoms with Gasteiger partial charge in [0.15, 0.2) is 0 Å². The number of ether oxygens (including phenoxy) is 1. The van der Waals surface area contributed by atoms with E-state index < -0.39 is 10.0 Å². The summed E-state index contributed by atoms with van der Waals surface area (Å²) in [6, 6.07) is 10.5. The molecule has 0 radical (unpaired) electrons. The zero-order valence-corrected chi connectivity index (χ0v) is 18.8. The lowest BCUT2D eigenvalue weighted by Gasteiger charge is -2.24. The van der Waals surface area contributed by atoms with Crippen molar-refractivity contribution >= 4 is 37.5 Å². The third-order valence-corrected chi connectivity index (χ3v) is 7.98. The zero-order chi connectivity index (χ0) is 20.8. The van der Waals surface area contributed by atoms with Gasteiger partial charge in [-0.1, -0.05) is 15.9 Å². The molecule has 2 aliphatic rings. The molecule has 0 aromatic heterocycles. The molecule has 1 amide bonds. The summed E-state index contributed by atoms with van der Waals surface area (Å²) in [5.74, 6) is 0.0475. The van der Waals surface area contributed by atoms with Gasteiger partial charge in [-0.05, 0) is 68.1 Å². The van der Waals surface area contributed by atoms with Crippen LogP contribution in [-0.2, 0) is 16.4 Å². The molecule has 6 nitrogen and oxygen atoms in total. The first kappa shape index (κ1) is 20.4. The van der Waals surface area contributed by atoms with E-state index in [1.807, 2.05) is 25.1 Å². The predicted octanol–water partition coefficient (Wildman–Crippen LogP) is 3.83. The van der Waals surface area contributed by atoms with E-state index in [1.54, 1.807) is 17.0 Å². The van der Waals surface area contributed by atoms with Gasteiger partial charge in [0.1, 0.15) is 10.6 Å². The lowest BCUT2D eigenvalue weighted by Crippen LogP contribution is -2.36. The predicted molar refractivity (Wildman–Crippen MR) is 115 cm³/mol. The van der Waals surface area contributed by atoms with E-state index in [-0.39, 0.29) is 22.6 Å². The van der Waals surface area contributed by atoms with Crippen molar-refractivity contribution in [3.63, 3.8) is 0 Å². The number of halogens is 1. The molecule has 0 aliphatic carbocycles. The Balaban J connectivity index is 1.74. The van der Waals surface area contributed by atoms with Gasteiger partial charge in [-0.3, -0.25) is 4.79 Å². The summed E-state index contributed by atoms with van der Waals surface area (Å²) in [5.41, 5.74) is 2.30. The molecular formula is C21H23BrN2O4S. The minimum absolute atomic E-state index is 0.00691. The topological polar surface area (TPSA) is 66.9 Å². The summed E-state index contributed by atoms with van der Waals surface area (Å²) in [4.78, 5) is 15.2. The number of carbonyl (C=O) groups is 1. The van der Waals surface area contributed by atoms with Crippen molar-refractivity contribution in [2.75, 3.05) is 25.1 Å². The molecule has 1 fully saturated rings. The van der Waals surface area contributed by atoms with Crippen LogP contribution >= 0.6 is 15.9 Å². The van der Waals surface area contributed by atoms with Crippen LogP contribution in [0.1, 0.15) is 35.7 Å². The highest BCUT2D eigenvalue weighted by Crippen LogP contribution is 2.36. The van der Waals surface area contributed by atoms with Crippen molar-refractivity contribution in [3.8, 4) is 5.75 Å². The molecule has 0 saturated carbocycles. The van der Waals surface area contributed by atoms with Gasteiger partial charge in [-0.2, -0.15) is 4.31 Å². The number of sulfonamides is 1. The molecule has 8 heteroatoms. The highest BCUT2D eigenvalue weighted by molar-refractivity contribution is 9.10. The standard InChI is InChI=1S/C21H23BrN2O4S/c1-14-11-16-12-17(22)6-7-18(16)24(14)21(25)15-5-8-19(28-2)20(13-15)29(26,27)23-9-3-4-10-23/h5-8,12-14H,3-4,9-11H2,1-2H3/t14-/m1/s1.